The zero-order chi connectivity index (χ0) is 14.9. The highest BCUT2D eigenvalue weighted by atomic mass is 32.2. The second-order valence-electron chi connectivity index (χ2n) is 6.14. The van der Waals surface area contributed by atoms with Crippen LogP contribution in [-0.4, -0.2) is 54.5 Å². The Bertz CT molecular complexity index is 447. The van der Waals surface area contributed by atoms with Gasteiger partial charge in [-0.25, -0.2) is 12.7 Å². The maximum atomic E-state index is 12.6. The molecule has 0 aromatic carbocycles. The quantitative estimate of drug-likeness (QED) is 0.772. The van der Waals surface area contributed by atoms with Gasteiger partial charge in [0.2, 0.25) is 15.9 Å². The van der Waals surface area contributed by atoms with Crippen LogP contribution in [0.5, 0.6) is 0 Å². The van der Waals surface area contributed by atoms with Crippen LogP contribution in [0.4, 0.5) is 0 Å². The molecule has 0 spiro atoms. The van der Waals surface area contributed by atoms with E-state index >= 15 is 0 Å². The van der Waals surface area contributed by atoms with E-state index in [2.05, 4.69) is 13.8 Å². The standard InChI is InChI=1S/C14H26N2O3S/c1-4-20(18,19)15-9-7-12(8-10-15)14(17)16(11(2)3)13-5-6-13/h11-13H,4-10H2,1-3H3. The van der Waals surface area contributed by atoms with Gasteiger partial charge < -0.3 is 4.90 Å². The molecule has 0 atom stereocenters. The molecular weight excluding hydrogens is 276 g/mol. The first kappa shape index (κ1) is 15.8. The van der Waals surface area contributed by atoms with Gasteiger partial charge in [0.15, 0.2) is 0 Å². The smallest absolute Gasteiger partial charge is 0.226 e. The Hall–Kier alpha value is -0.620. The van der Waals surface area contributed by atoms with Gasteiger partial charge >= 0.3 is 0 Å². The first-order valence-corrected chi connectivity index (χ1v) is 9.27. The summed E-state index contributed by atoms with van der Waals surface area (Å²) in [6.45, 7) is 6.77. The Morgan fingerprint density at radius 2 is 1.75 bits per heavy atom. The molecule has 0 aromatic heterocycles. The molecule has 6 heteroatoms. The molecule has 0 aromatic rings. The summed E-state index contributed by atoms with van der Waals surface area (Å²) in [5.41, 5.74) is 0. The van der Waals surface area contributed by atoms with Gasteiger partial charge in [0.25, 0.3) is 0 Å². The van der Waals surface area contributed by atoms with Crippen LogP contribution >= 0.6 is 0 Å². The zero-order valence-electron chi connectivity index (χ0n) is 12.7. The van der Waals surface area contributed by atoms with Crippen LogP contribution in [0, 0.1) is 5.92 Å². The minimum atomic E-state index is -3.10. The molecule has 1 aliphatic heterocycles. The number of rotatable bonds is 5. The Balaban J connectivity index is 1.94. The Morgan fingerprint density at radius 3 is 2.15 bits per heavy atom. The average Bonchev–Trinajstić information content (AvgIpc) is 3.23. The summed E-state index contributed by atoms with van der Waals surface area (Å²) in [6, 6.07) is 0.673. The molecule has 2 aliphatic rings. The molecule has 20 heavy (non-hydrogen) atoms. The average molecular weight is 302 g/mol. The zero-order valence-corrected chi connectivity index (χ0v) is 13.5. The van der Waals surface area contributed by atoms with Crippen molar-refractivity contribution in [2.24, 2.45) is 5.92 Å². The fraction of sp³-hybridized carbons (Fsp3) is 0.929. The molecule has 0 unspecified atom stereocenters. The maximum Gasteiger partial charge on any atom is 0.226 e. The number of carbonyl (C=O) groups excluding carboxylic acids is 1. The number of sulfonamides is 1. The molecule has 1 aliphatic carbocycles. The fourth-order valence-electron chi connectivity index (χ4n) is 2.98. The molecule has 1 heterocycles. The summed E-state index contributed by atoms with van der Waals surface area (Å²) in [7, 11) is -3.10. The molecule has 2 rings (SSSR count). The first-order valence-electron chi connectivity index (χ1n) is 7.66. The predicted octanol–water partition coefficient (Wildman–Crippen LogP) is 1.45. The molecule has 0 N–H and O–H groups in total. The highest BCUT2D eigenvalue weighted by Crippen LogP contribution is 2.32. The van der Waals surface area contributed by atoms with Crippen molar-refractivity contribution in [1.29, 1.82) is 0 Å². The van der Waals surface area contributed by atoms with Crippen LogP contribution in [0.3, 0.4) is 0 Å². The second-order valence-corrected chi connectivity index (χ2v) is 8.40. The van der Waals surface area contributed by atoms with Crippen molar-refractivity contribution in [3.05, 3.63) is 0 Å². The van der Waals surface area contributed by atoms with Crippen molar-refractivity contribution in [2.45, 2.75) is 58.5 Å². The summed E-state index contributed by atoms with van der Waals surface area (Å²) in [5.74, 6) is 0.378. The molecule has 1 amide bonds. The van der Waals surface area contributed by atoms with E-state index in [1.165, 1.54) is 4.31 Å². The Morgan fingerprint density at radius 1 is 1.20 bits per heavy atom. The molecule has 5 nitrogen and oxygen atoms in total. The van der Waals surface area contributed by atoms with E-state index in [0.29, 0.717) is 32.0 Å². The van der Waals surface area contributed by atoms with Crippen LogP contribution in [0.1, 0.15) is 46.5 Å². The molecule has 1 saturated heterocycles. The van der Waals surface area contributed by atoms with E-state index in [9.17, 15) is 13.2 Å². The van der Waals surface area contributed by atoms with Gasteiger partial charge in [-0.05, 0) is 46.5 Å². The summed E-state index contributed by atoms with van der Waals surface area (Å²) in [6.07, 6.45) is 3.56. The molecular formula is C14H26N2O3S. The number of hydrogen-bond acceptors (Lipinski definition) is 3. The van der Waals surface area contributed by atoms with Gasteiger partial charge in [0.1, 0.15) is 0 Å². The number of nitrogens with zero attached hydrogens (tertiary/aromatic N) is 2. The molecule has 0 bridgehead atoms. The van der Waals surface area contributed by atoms with E-state index in [1.807, 2.05) is 4.90 Å². The Labute approximate surface area is 122 Å². The third kappa shape index (κ3) is 3.34. The topological polar surface area (TPSA) is 57.7 Å². The first-order chi connectivity index (χ1) is 9.36. The van der Waals surface area contributed by atoms with E-state index in [0.717, 1.165) is 12.8 Å². The second kappa shape index (κ2) is 6.02. The SMILES string of the molecule is CCS(=O)(=O)N1CCC(C(=O)N(C(C)C)C2CC2)CC1. The number of piperidine rings is 1. The van der Waals surface area contributed by atoms with Crippen molar-refractivity contribution < 1.29 is 13.2 Å². The largest absolute Gasteiger partial charge is 0.337 e. The number of amides is 1. The lowest BCUT2D eigenvalue weighted by Gasteiger charge is -2.35. The van der Waals surface area contributed by atoms with Crippen LogP contribution < -0.4 is 0 Å². The van der Waals surface area contributed by atoms with E-state index in [1.54, 1.807) is 6.92 Å². The van der Waals surface area contributed by atoms with Crippen LogP contribution in [-0.2, 0) is 14.8 Å². The van der Waals surface area contributed by atoms with Gasteiger partial charge in [-0.2, -0.15) is 0 Å². The molecule has 0 radical (unpaired) electrons. The minimum Gasteiger partial charge on any atom is -0.337 e. The maximum absolute atomic E-state index is 12.6. The summed E-state index contributed by atoms with van der Waals surface area (Å²) in [5, 5.41) is 0. The van der Waals surface area contributed by atoms with Crippen molar-refractivity contribution in [1.82, 2.24) is 9.21 Å². The summed E-state index contributed by atoms with van der Waals surface area (Å²) >= 11 is 0. The van der Waals surface area contributed by atoms with Gasteiger partial charge in [-0.3, -0.25) is 4.79 Å². The van der Waals surface area contributed by atoms with Crippen LogP contribution in [0.25, 0.3) is 0 Å². The Kier molecular flexibility index (Phi) is 4.74. The normalized spacial score (nSPS) is 22.2. The monoisotopic (exact) mass is 302 g/mol. The van der Waals surface area contributed by atoms with Gasteiger partial charge in [-0.1, -0.05) is 0 Å². The predicted molar refractivity (Wildman–Crippen MR) is 78.8 cm³/mol. The van der Waals surface area contributed by atoms with E-state index < -0.39 is 10.0 Å². The van der Waals surface area contributed by atoms with Crippen molar-refractivity contribution in [2.75, 3.05) is 18.8 Å². The molecule has 2 fully saturated rings. The lowest BCUT2D eigenvalue weighted by atomic mass is 9.96. The van der Waals surface area contributed by atoms with Crippen molar-refractivity contribution >= 4 is 15.9 Å². The van der Waals surface area contributed by atoms with E-state index in [4.69, 9.17) is 0 Å². The van der Waals surface area contributed by atoms with Crippen molar-refractivity contribution in [3.8, 4) is 0 Å². The van der Waals surface area contributed by atoms with Crippen LogP contribution in [0.2, 0.25) is 0 Å². The van der Waals surface area contributed by atoms with Gasteiger partial charge in [0, 0.05) is 31.1 Å². The number of carbonyl (C=O) groups is 1. The third-order valence-corrected chi connectivity index (χ3v) is 6.19. The van der Waals surface area contributed by atoms with Crippen molar-refractivity contribution in [3.63, 3.8) is 0 Å². The molecule has 116 valence electrons. The van der Waals surface area contributed by atoms with E-state index in [-0.39, 0.29) is 23.6 Å². The lowest BCUT2D eigenvalue weighted by molar-refractivity contribution is -0.139. The highest BCUT2D eigenvalue weighted by Gasteiger charge is 2.39. The van der Waals surface area contributed by atoms with Gasteiger partial charge in [-0.15, -0.1) is 0 Å². The minimum absolute atomic E-state index is 0.00121. The van der Waals surface area contributed by atoms with Gasteiger partial charge in [0.05, 0.1) is 5.75 Å². The lowest BCUT2D eigenvalue weighted by Crippen LogP contribution is -2.47. The summed E-state index contributed by atoms with van der Waals surface area (Å²) < 4.78 is 25.2. The number of hydrogen-bond donors (Lipinski definition) is 0. The fourth-order valence-corrected chi connectivity index (χ4v) is 4.12. The third-order valence-electron chi connectivity index (χ3n) is 4.31. The highest BCUT2D eigenvalue weighted by molar-refractivity contribution is 7.89. The molecule has 1 saturated carbocycles. The summed E-state index contributed by atoms with van der Waals surface area (Å²) in [4.78, 5) is 14.6. The van der Waals surface area contributed by atoms with Crippen LogP contribution in [0.15, 0.2) is 0 Å².